The van der Waals surface area contributed by atoms with E-state index < -0.39 is 5.97 Å². The van der Waals surface area contributed by atoms with Crippen molar-refractivity contribution in [2.24, 2.45) is 0 Å². The van der Waals surface area contributed by atoms with Gasteiger partial charge in [-0.05, 0) is 18.7 Å². The van der Waals surface area contributed by atoms with Crippen LogP contribution in [-0.4, -0.2) is 26.0 Å². The molecule has 6 nitrogen and oxygen atoms in total. The average Bonchev–Trinajstić information content (AvgIpc) is 2.76. The van der Waals surface area contributed by atoms with Crippen LogP contribution < -0.4 is 0 Å². The van der Waals surface area contributed by atoms with Crippen LogP contribution in [0, 0.1) is 18.3 Å². The zero-order valence-corrected chi connectivity index (χ0v) is 11.5. The molecule has 0 radical (unpaired) electrons. The zero-order chi connectivity index (χ0) is 13.8. The fourth-order valence-electron chi connectivity index (χ4n) is 1.26. The fraction of sp³-hybridized carbons (Fsp3) is 0.182. The molecule has 0 saturated heterocycles. The highest BCUT2D eigenvalue weighted by molar-refractivity contribution is 8.01. The third-order valence-electron chi connectivity index (χ3n) is 2.04. The first-order chi connectivity index (χ1) is 9.08. The maximum absolute atomic E-state index is 10.6. The molecule has 2 aromatic rings. The van der Waals surface area contributed by atoms with Gasteiger partial charge in [-0.25, -0.2) is 15.0 Å². The number of aliphatic carboxylic acids is 1. The van der Waals surface area contributed by atoms with Crippen LogP contribution in [0.15, 0.2) is 20.9 Å². The predicted molar refractivity (Wildman–Crippen MR) is 69.1 cm³/mol. The van der Waals surface area contributed by atoms with Gasteiger partial charge in [-0.15, -0.1) is 11.3 Å². The summed E-state index contributed by atoms with van der Waals surface area (Å²) in [5, 5.41) is 19.9. The number of hydrogen-bond acceptors (Lipinski definition) is 7. The standard InChI is InChI=1S/C11H8N4O2S2/c1-6-13-4-7(3-12)10(14-6)19-11-15-8(5-18-11)2-9(16)17/h4-5H,2H2,1H3,(H,16,17). The van der Waals surface area contributed by atoms with E-state index >= 15 is 0 Å². The summed E-state index contributed by atoms with van der Waals surface area (Å²) in [6.45, 7) is 1.74. The Morgan fingerprint density at radius 1 is 1.58 bits per heavy atom. The minimum absolute atomic E-state index is 0.106. The van der Waals surface area contributed by atoms with Gasteiger partial charge < -0.3 is 5.11 Å². The summed E-state index contributed by atoms with van der Waals surface area (Å²) in [5.74, 6) is -0.346. The molecule has 8 heteroatoms. The SMILES string of the molecule is Cc1ncc(C#N)c(Sc2nc(CC(=O)O)cs2)n1. The smallest absolute Gasteiger partial charge is 0.309 e. The third kappa shape index (κ3) is 3.49. The van der Waals surface area contributed by atoms with Crippen molar-refractivity contribution in [3.63, 3.8) is 0 Å². The molecule has 2 rings (SSSR count). The van der Waals surface area contributed by atoms with Crippen LogP contribution >= 0.6 is 23.1 Å². The van der Waals surface area contributed by atoms with E-state index in [2.05, 4.69) is 15.0 Å². The van der Waals surface area contributed by atoms with Gasteiger partial charge in [-0.1, -0.05) is 0 Å². The number of rotatable bonds is 4. The lowest BCUT2D eigenvalue weighted by Gasteiger charge is -2.00. The Bertz CT molecular complexity index is 663. The van der Waals surface area contributed by atoms with E-state index in [-0.39, 0.29) is 6.42 Å². The predicted octanol–water partition coefficient (Wildman–Crippen LogP) is 1.89. The number of aryl methyl sites for hydroxylation is 1. The van der Waals surface area contributed by atoms with Gasteiger partial charge in [0, 0.05) is 11.6 Å². The number of carbonyl (C=O) groups is 1. The zero-order valence-electron chi connectivity index (χ0n) is 9.82. The number of carboxylic acids is 1. The molecule has 0 aliphatic heterocycles. The van der Waals surface area contributed by atoms with Crippen LogP contribution in [0.25, 0.3) is 0 Å². The van der Waals surface area contributed by atoms with Crippen molar-refractivity contribution < 1.29 is 9.90 Å². The number of nitrogens with zero attached hydrogens (tertiary/aromatic N) is 4. The molecule has 0 aliphatic rings. The molecule has 0 amide bonds. The van der Waals surface area contributed by atoms with Gasteiger partial charge in [-0.2, -0.15) is 5.26 Å². The fourth-order valence-corrected chi connectivity index (χ4v) is 3.09. The summed E-state index contributed by atoms with van der Waals surface area (Å²) in [7, 11) is 0. The van der Waals surface area contributed by atoms with Gasteiger partial charge in [0.2, 0.25) is 0 Å². The Kier molecular flexibility index (Phi) is 4.09. The average molecular weight is 292 g/mol. The van der Waals surface area contributed by atoms with Crippen molar-refractivity contribution in [1.29, 1.82) is 5.26 Å². The summed E-state index contributed by atoms with van der Waals surface area (Å²) >= 11 is 2.57. The second-order valence-corrected chi connectivity index (χ2v) is 5.62. The molecule has 0 fully saturated rings. The van der Waals surface area contributed by atoms with Crippen LogP contribution in [-0.2, 0) is 11.2 Å². The molecular formula is C11H8N4O2S2. The maximum Gasteiger partial charge on any atom is 0.309 e. The largest absolute Gasteiger partial charge is 0.481 e. The lowest BCUT2D eigenvalue weighted by Crippen LogP contribution is -1.99. The first kappa shape index (κ1) is 13.5. The van der Waals surface area contributed by atoms with Crippen LogP contribution in [0.1, 0.15) is 17.1 Å². The molecular weight excluding hydrogens is 284 g/mol. The quantitative estimate of drug-likeness (QED) is 0.859. The maximum atomic E-state index is 10.6. The van der Waals surface area contributed by atoms with Gasteiger partial charge in [0.05, 0.1) is 12.1 Å². The van der Waals surface area contributed by atoms with Crippen molar-refractivity contribution in [3.8, 4) is 6.07 Å². The monoisotopic (exact) mass is 292 g/mol. The summed E-state index contributed by atoms with van der Waals surface area (Å²) in [5.41, 5.74) is 0.884. The number of aromatic nitrogens is 3. The Labute approximate surface area is 117 Å². The highest BCUT2D eigenvalue weighted by atomic mass is 32.2. The number of carboxylic acid groups (broad SMARTS) is 1. The van der Waals surface area contributed by atoms with Crippen molar-refractivity contribution in [3.05, 3.63) is 28.7 Å². The van der Waals surface area contributed by atoms with Gasteiger partial charge >= 0.3 is 5.97 Å². The van der Waals surface area contributed by atoms with E-state index in [1.165, 1.54) is 29.3 Å². The van der Waals surface area contributed by atoms with Gasteiger partial charge in [-0.3, -0.25) is 4.79 Å². The molecule has 2 aromatic heterocycles. The Balaban J connectivity index is 2.21. The Morgan fingerprint density at radius 2 is 2.37 bits per heavy atom. The van der Waals surface area contributed by atoms with Crippen LogP contribution in [0.3, 0.4) is 0 Å². The molecule has 1 N–H and O–H groups in total. The van der Waals surface area contributed by atoms with Crippen molar-refractivity contribution in [1.82, 2.24) is 15.0 Å². The molecule has 0 unspecified atom stereocenters. The third-order valence-corrected chi connectivity index (χ3v) is 4.03. The van der Waals surface area contributed by atoms with E-state index in [1.807, 2.05) is 6.07 Å². The Morgan fingerprint density at radius 3 is 3.05 bits per heavy atom. The molecule has 19 heavy (non-hydrogen) atoms. The number of thiazole rings is 1. The summed E-state index contributed by atoms with van der Waals surface area (Å²) in [6, 6.07) is 2.02. The normalized spacial score (nSPS) is 10.1. The molecule has 2 heterocycles. The molecule has 0 aliphatic carbocycles. The van der Waals surface area contributed by atoms with Crippen molar-refractivity contribution in [2.45, 2.75) is 22.7 Å². The molecule has 0 atom stereocenters. The highest BCUT2D eigenvalue weighted by Gasteiger charge is 2.11. The second-order valence-electron chi connectivity index (χ2n) is 3.53. The first-order valence-electron chi connectivity index (χ1n) is 5.16. The Hall–Kier alpha value is -1.98. The molecule has 0 aromatic carbocycles. The van der Waals surface area contributed by atoms with E-state index in [0.717, 1.165) is 0 Å². The van der Waals surface area contributed by atoms with Crippen LogP contribution in [0.5, 0.6) is 0 Å². The molecule has 0 saturated carbocycles. The molecule has 96 valence electrons. The summed E-state index contributed by atoms with van der Waals surface area (Å²) in [6.07, 6.45) is 1.36. The minimum Gasteiger partial charge on any atom is -0.481 e. The van der Waals surface area contributed by atoms with Crippen molar-refractivity contribution >= 4 is 29.1 Å². The van der Waals surface area contributed by atoms with Gasteiger partial charge in [0.25, 0.3) is 0 Å². The molecule has 0 spiro atoms. The van der Waals surface area contributed by atoms with E-state index in [9.17, 15) is 4.79 Å². The number of nitriles is 1. The topological polar surface area (TPSA) is 99.8 Å². The van der Waals surface area contributed by atoms with E-state index in [0.29, 0.717) is 26.4 Å². The lowest BCUT2D eigenvalue weighted by atomic mass is 10.3. The van der Waals surface area contributed by atoms with E-state index in [4.69, 9.17) is 10.4 Å². The van der Waals surface area contributed by atoms with Gasteiger partial charge in [0.1, 0.15) is 22.5 Å². The first-order valence-corrected chi connectivity index (χ1v) is 6.86. The van der Waals surface area contributed by atoms with E-state index in [1.54, 1.807) is 12.3 Å². The lowest BCUT2D eigenvalue weighted by molar-refractivity contribution is -0.136. The summed E-state index contributed by atoms with van der Waals surface area (Å²) < 4.78 is 0.658. The number of hydrogen-bond donors (Lipinski definition) is 1. The minimum atomic E-state index is -0.919. The van der Waals surface area contributed by atoms with Crippen LogP contribution in [0.4, 0.5) is 0 Å². The van der Waals surface area contributed by atoms with Crippen molar-refractivity contribution in [2.75, 3.05) is 0 Å². The summed E-state index contributed by atoms with van der Waals surface area (Å²) in [4.78, 5) is 22.9. The highest BCUT2D eigenvalue weighted by Crippen LogP contribution is 2.31. The second kappa shape index (κ2) is 5.77. The van der Waals surface area contributed by atoms with Gasteiger partial charge in [0.15, 0.2) is 4.34 Å². The molecule has 0 bridgehead atoms. The van der Waals surface area contributed by atoms with Crippen LogP contribution in [0.2, 0.25) is 0 Å².